The molecule has 1 N–H and O–H groups in total. The second-order valence-electron chi connectivity index (χ2n) is 8.17. The van der Waals surface area contributed by atoms with E-state index in [9.17, 15) is 18.1 Å². The summed E-state index contributed by atoms with van der Waals surface area (Å²) in [4.78, 5) is 0. The standard InChI is InChI=1S/C22H46O4S.K/c1-3-5-7-9-11-13-15-17-21(23)19-20-22(27(24,25)26)18-16-14-12-10-8-6-4-2;/h21-23H,3-20H2,1-2H3,(H,24,25,26);/q;+1/p-1. The van der Waals surface area contributed by atoms with E-state index in [2.05, 4.69) is 13.8 Å². The maximum atomic E-state index is 11.5. The van der Waals surface area contributed by atoms with E-state index in [1.807, 2.05) is 0 Å². The zero-order valence-electron chi connectivity index (χ0n) is 19.0. The average Bonchev–Trinajstić information content (AvgIpc) is 2.61. The first-order chi connectivity index (χ1) is 12.9. The first-order valence-electron chi connectivity index (χ1n) is 11.5. The predicted molar refractivity (Wildman–Crippen MR) is 114 cm³/mol. The largest absolute Gasteiger partial charge is 1.00 e. The van der Waals surface area contributed by atoms with Crippen LogP contribution in [0, 0.1) is 0 Å². The number of unbranched alkanes of at least 4 members (excludes halogenated alkanes) is 12. The van der Waals surface area contributed by atoms with E-state index in [1.165, 1.54) is 57.8 Å². The van der Waals surface area contributed by atoms with Crippen molar-refractivity contribution in [1.29, 1.82) is 0 Å². The van der Waals surface area contributed by atoms with Crippen LogP contribution in [-0.2, 0) is 10.1 Å². The maximum Gasteiger partial charge on any atom is 1.00 e. The fourth-order valence-corrected chi connectivity index (χ4v) is 4.50. The normalized spacial score (nSPS) is 13.9. The van der Waals surface area contributed by atoms with Crippen LogP contribution >= 0.6 is 0 Å². The third-order valence-corrected chi connectivity index (χ3v) is 6.79. The summed E-state index contributed by atoms with van der Waals surface area (Å²) in [5, 5.41) is 9.28. The molecule has 4 nitrogen and oxygen atoms in total. The minimum Gasteiger partial charge on any atom is -0.748 e. The number of aliphatic hydroxyl groups excluding tert-OH is 1. The second-order valence-corrected chi connectivity index (χ2v) is 9.82. The summed E-state index contributed by atoms with van der Waals surface area (Å²) < 4.78 is 34.5. The van der Waals surface area contributed by atoms with Gasteiger partial charge in [0, 0.05) is 5.25 Å². The van der Waals surface area contributed by atoms with Crippen molar-refractivity contribution >= 4 is 10.1 Å². The SMILES string of the molecule is CCCCCCCCCC(O)CCC(CCCCCCCCC)S(=O)(=O)[O-].[K+]. The fourth-order valence-electron chi connectivity index (χ4n) is 3.62. The Morgan fingerprint density at radius 1 is 0.643 bits per heavy atom. The van der Waals surface area contributed by atoms with Crippen molar-refractivity contribution in [3.63, 3.8) is 0 Å². The van der Waals surface area contributed by atoms with Gasteiger partial charge in [0.05, 0.1) is 16.2 Å². The average molecular weight is 445 g/mol. The van der Waals surface area contributed by atoms with Crippen LogP contribution in [0.5, 0.6) is 0 Å². The molecule has 28 heavy (non-hydrogen) atoms. The molecule has 6 heteroatoms. The van der Waals surface area contributed by atoms with Gasteiger partial charge < -0.3 is 9.66 Å². The first kappa shape index (κ1) is 31.7. The van der Waals surface area contributed by atoms with Crippen molar-refractivity contribution < 1.29 is 69.5 Å². The Morgan fingerprint density at radius 3 is 1.46 bits per heavy atom. The Labute approximate surface area is 218 Å². The van der Waals surface area contributed by atoms with E-state index in [0.717, 1.165) is 38.5 Å². The molecule has 0 aromatic rings. The molecular weight excluding hydrogens is 399 g/mol. The molecule has 0 heterocycles. The quantitative estimate of drug-likeness (QED) is 0.177. The van der Waals surface area contributed by atoms with Gasteiger partial charge in [0.2, 0.25) is 0 Å². The van der Waals surface area contributed by atoms with Crippen LogP contribution in [0.1, 0.15) is 129 Å². The molecule has 2 atom stereocenters. The van der Waals surface area contributed by atoms with Gasteiger partial charge in [0.15, 0.2) is 0 Å². The monoisotopic (exact) mass is 444 g/mol. The molecule has 2 unspecified atom stereocenters. The summed E-state index contributed by atoms with van der Waals surface area (Å²) >= 11 is 0. The smallest absolute Gasteiger partial charge is 0.748 e. The number of hydrogen-bond acceptors (Lipinski definition) is 4. The van der Waals surface area contributed by atoms with Gasteiger partial charge in [-0.3, -0.25) is 0 Å². The van der Waals surface area contributed by atoms with Gasteiger partial charge in [-0.1, -0.05) is 104 Å². The van der Waals surface area contributed by atoms with Gasteiger partial charge in [-0.25, -0.2) is 8.42 Å². The van der Waals surface area contributed by atoms with Crippen LogP contribution in [0.2, 0.25) is 0 Å². The van der Waals surface area contributed by atoms with Crippen molar-refractivity contribution in [3.05, 3.63) is 0 Å². The molecule has 0 aromatic carbocycles. The molecule has 164 valence electrons. The Bertz CT molecular complexity index is 415. The van der Waals surface area contributed by atoms with Crippen molar-refractivity contribution in [2.45, 2.75) is 141 Å². The summed E-state index contributed by atoms with van der Waals surface area (Å²) in [6.07, 6.45) is 17.7. The Kier molecular flexibility index (Phi) is 24.6. The number of rotatable bonds is 20. The summed E-state index contributed by atoms with van der Waals surface area (Å²) in [6, 6.07) is 0. The summed E-state index contributed by atoms with van der Waals surface area (Å²) in [7, 11) is -4.26. The molecule has 0 radical (unpaired) electrons. The molecule has 0 aliphatic carbocycles. The molecule has 0 fully saturated rings. The summed E-state index contributed by atoms with van der Waals surface area (Å²) in [5.41, 5.74) is 0. The Balaban J connectivity index is 0. The van der Waals surface area contributed by atoms with E-state index >= 15 is 0 Å². The van der Waals surface area contributed by atoms with Crippen molar-refractivity contribution in [2.24, 2.45) is 0 Å². The topological polar surface area (TPSA) is 77.4 Å². The van der Waals surface area contributed by atoms with Crippen molar-refractivity contribution in [1.82, 2.24) is 0 Å². The molecule has 0 aliphatic rings. The van der Waals surface area contributed by atoms with E-state index in [-0.39, 0.29) is 51.4 Å². The minimum atomic E-state index is -4.26. The van der Waals surface area contributed by atoms with Gasteiger partial charge >= 0.3 is 51.4 Å². The number of aliphatic hydroxyl groups is 1. The van der Waals surface area contributed by atoms with E-state index < -0.39 is 21.5 Å². The molecule has 0 rings (SSSR count). The van der Waals surface area contributed by atoms with Gasteiger partial charge in [-0.15, -0.1) is 0 Å². The van der Waals surface area contributed by atoms with Crippen LogP contribution in [0.3, 0.4) is 0 Å². The van der Waals surface area contributed by atoms with Crippen LogP contribution in [-0.4, -0.2) is 29.4 Å². The third kappa shape index (κ3) is 20.8. The Hall–Kier alpha value is 1.51. The molecular formula is C22H45KO4S. The molecule has 0 amide bonds. The van der Waals surface area contributed by atoms with Gasteiger partial charge in [-0.2, -0.15) is 0 Å². The fraction of sp³-hybridized carbons (Fsp3) is 1.00. The molecule has 0 saturated carbocycles. The zero-order chi connectivity index (χ0) is 20.4. The van der Waals surface area contributed by atoms with E-state index in [1.54, 1.807) is 0 Å². The van der Waals surface area contributed by atoms with Crippen LogP contribution in [0.25, 0.3) is 0 Å². The predicted octanol–water partition coefficient (Wildman–Crippen LogP) is 3.33. The van der Waals surface area contributed by atoms with Crippen LogP contribution in [0.4, 0.5) is 0 Å². The first-order valence-corrected chi connectivity index (χ1v) is 13.0. The van der Waals surface area contributed by atoms with E-state index in [0.29, 0.717) is 19.3 Å². The molecule has 0 aromatic heterocycles. The molecule has 0 bridgehead atoms. The number of hydrogen-bond donors (Lipinski definition) is 1. The maximum absolute atomic E-state index is 11.5. The van der Waals surface area contributed by atoms with E-state index in [4.69, 9.17) is 0 Å². The third-order valence-electron chi connectivity index (χ3n) is 5.50. The minimum absolute atomic E-state index is 0. The summed E-state index contributed by atoms with van der Waals surface area (Å²) in [5.74, 6) is 0. The second kappa shape index (κ2) is 21.7. The van der Waals surface area contributed by atoms with Gasteiger partial charge in [-0.05, 0) is 25.7 Å². The summed E-state index contributed by atoms with van der Waals surface area (Å²) in [6.45, 7) is 4.39. The molecule has 0 saturated heterocycles. The van der Waals surface area contributed by atoms with Crippen LogP contribution < -0.4 is 51.4 Å². The van der Waals surface area contributed by atoms with Gasteiger partial charge in [0.25, 0.3) is 0 Å². The van der Waals surface area contributed by atoms with Gasteiger partial charge in [0.1, 0.15) is 0 Å². The van der Waals surface area contributed by atoms with Crippen LogP contribution in [0.15, 0.2) is 0 Å². The Morgan fingerprint density at radius 2 is 1.04 bits per heavy atom. The molecule has 0 aliphatic heterocycles. The molecule has 0 spiro atoms. The van der Waals surface area contributed by atoms with Crippen molar-refractivity contribution in [3.8, 4) is 0 Å². The van der Waals surface area contributed by atoms with Crippen molar-refractivity contribution in [2.75, 3.05) is 0 Å². The zero-order valence-corrected chi connectivity index (χ0v) is 22.9.